The summed E-state index contributed by atoms with van der Waals surface area (Å²) in [6.45, 7) is 4.73. The number of carbonyl (C=O) groups is 5. The molecule has 14 heteroatoms. The van der Waals surface area contributed by atoms with Crippen LogP contribution in [0.2, 0.25) is 0 Å². The van der Waals surface area contributed by atoms with Crippen molar-refractivity contribution >= 4 is 52.3 Å². The van der Waals surface area contributed by atoms with E-state index in [0.29, 0.717) is 5.57 Å². The Bertz CT molecular complexity index is 1540. The fourth-order valence-corrected chi connectivity index (χ4v) is 7.87. The molecular weight excluding hydrogens is 564 g/mol. The van der Waals surface area contributed by atoms with Gasteiger partial charge in [-0.1, -0.05) is 24.6 Å². The Morgan fingerprint density at radius 1 is 0.837 bits per heavy atom. The van der Waals surface area contributed by atoms with Gasteiger partial charge in [-0.25, -0.2) is 25.0 Å². The van der Waals surface area contributed by atoms with Gasteiger partial charge < -0.3 is 15.2 Å². The van der Waals surface area contributed by atoms with Gasteiger partial charge in [0.15, 0.2) is 11.4 Å². The summed E-state index contributed by atoms with van der Waals surface area (Å²) in [5.41, 5.74) is -1.47. The topological polar surface area (TPSA) is 197 Å². The number of quaternary nitrogens is 2. The summed E-state index contributed by atoms with van der Waals surface area (Å²) < 4.78 is 5.35. The van der Waals surface area contributed by atoms with E-state index in [4.69, 9.17) is 4.74 Å². The maximum Gasteiger partial charge on any atom is 0.334 e. The fraction of sp³-hybridized carbons (Fsp3) is 0.345. The monoisotopic (exact) mass is 592 g/mol. The average Bonchev–Trinajstić information content (AvgIpc) is 3.39. The van der Waals surface area contributed by atoms with E-state index in [0.717, 1.165) is 9.80 Å². The van der Waals surface area contributed by atoms with Crippen molar-refractivity contribution in [2.45, 2.75) is 20.8 Å². The van der Waals surface area contributed by atoms with Gasteiger partial charge in [-0.05, 0) is 26.0 Å². The van der Waals surface area contributed by atoms with E-state index in [9.17, 15) is 44.8 Å². The van der Waals surface area contributed by atoms with Gasteiger partial charge in [-0.15, -0.1) is 0 Å². The minimum Gasteiger partial charge on any atom is -0.595 e. The molecule has 5 aliphatic rings. The molecule has 4 amide bonds. The zero-order valence-corrected chi connectivity index (χ0v) is 23.3. The molecule has 0 aromatic heterocycles. The van der Waals surface area contributed by atoms with Crippen molar-refractivity contribution in [2.24, 2.45) is 35.0 Å². The molecule has 3 fully saturated rings. The predicted octanol–water partition coefficient (Wildman–Crippen LogP) is -0.0659. The van der Waals surface area contributed by atoms with Crippen LogP contribution >= 0.6 is 0 Å². The first kappa shape index (κ1) is 28.8. The summed E-state index contributed by atoms with van der Waals surface area (Å²) in [5, 5.41) is 39.7. The molecule has 7 rings (SSSR count). The number of esters is 1. The summed E-state index contributed by atoms with van der Waals surface area (Å²) in [4.78, 5) is 71.9. The maximum atomic E-state index is 14.2. The number of benzene rings is 2. The lowest BCUT2D eigenvalue weighted by molar-refractivity contribution is -0.991. The van der Waals surface area contributed by atoms with E-state index in [2.05, 4.69) is 0 Å². The van der Waals surface area contributed by atoms with Crippen LogP contribution in [0.25, 0.3) is 0 Å². The number of hydrogen-bond acceptors (Lipinski definition) is 10. The molecule has 2 bridgehead atoms. The second kappa shape index (κ2) is 9.87. The van der Waals surface area contributed by atoms with Gasteiger partial charge >= 0.3 is 5.97 Å². The number of hydrogen-bond donors (Lipinski definition) is 4. The summed E-state index contributed by atoms with van der Waals surface area (Å²) in [7, 11) is 0. The third-order valence-electron chi connectivity index (χ3n) is 9.38. The molecule has 1 saturated carbocycles. The number of ether oxygens (including phenoxy) is 1. The van der Waals surface area contributed by atoms with Crippen molar-refractivity contribution in [2.75, 3.05) is 16.4 Å². The lowest BCUT2D eigenvalue weighted by Gasteiger charge is -2.55. The minimum absolute atomic E-state index is 0.000511. The molecule has 224 valence electrons. The first-order chi connectivity index (χ1) is 20.4. The second-order valence-electron chi connectivity index (χ2n) is 11.3. The van der Waals surface area contributed by atoms with E-state index in [-0.39, 0.29) is 34.9 Å². The van der Waals surface area contributed by atoms with Crippen molar-refractivity contribution in [3.63, 3.8) is 0 Å². The highest BCUT2D eigenvalue weighted by Crippen LogP contribution is 2.68. The molecule has 0 spiro atoms. The first-order valence-electron chi connectivity index (χ1n) is 13.7. The average molecular weight is 593 g/mol. The molecule has 14 nitrogen and oxygen atoms in total. The van der Waals surface area contributed by atoms with E-state index in [1.54, 1.807) is 13.8 Å². The van der Waals surface area contributed by atoms with E-state index in [1.165, 1.54) is 55.5 Å². The molecule has 2 saturated heterocycles. The van der Waals surface area contributed by atoms with Crippen LogP contribution in [-0.2, 0) is 28.7 Å². The van der Waals surface area contributed by atoms with Gasteiger partial charge in [0.05, 0.1) is 41.7 Å². The van der Waals surface area contributed by atoms with Crippen LogP contribution in [0.5, 0.6) is 0 Å². The van der Waals surface area contributed by atoms with Crippen LogP contribution in [-0.4, -0.2) is 46.6 Å². The van der Waals surface area contributed by atoms with Gasteiger partial charge in [0.1, 0.15) is 0 Å². The Labute approximate surface area is 244 Å². The molecule has 3 aliphatic carbocycles. The molecule has 2 aromatic rings. The fourth-order valence-electron chi connectivity index (χ4n) is 7.87. The van der Waals surface area contributed by atoms with Gasteiger partial charge in [-0.3, -0.25) is 19.2 Å². The van der Waals surface area contributed by atoms with Crippen molar-refractivity contribution in [3.05, 3.63) is 70.1 Å². The van der Waals surface area contributed by atoms with Crippen molar-refractivity contribution in [1.29, 1.82) is 0 Å². The van der Waals surface area contributed by atoms with Crippen LogP contribution in [0.4, 0.5) is 22.7 Å². The van der Waals surface area contributed by atoms with Crippen LogP contribution in [0.15, 0.2) is 59.7 Å². The number of amides is 4. The molecule has 2 aromatic carbocycles. The highest BCUT2D eigenvalue weighted by molar-refractivity contribution is 6.27. The SMILES string of the molecule is CCOC(=O)C1=C(C)C2[C@H]3C(=O)N(c4cccc([NH+]([O-])O)c4)C(=O)[C@@H]3C1(C)[C@H]1C(=O)N(c3cccc([NH+]([O-])O)c3)C(=O)[C@@H]21. The van der Waals surface area contributed by atoms with Crippen molar-refractivity contribution in [1.82, 2.24) is 0 Å². The standard InChI is InChI=1S/C29H28N4O10/c1-4-43-28(38)21-13(2)18-19-22(26(36)30(24(19)34)14-7-5-9-16(11-14)32(39)40)29(21,3)23-20(18)25(35)31(27(23)37)15-8-6-10-17(12-15)33(41)42/h5-12,18-20,22-23,32-33,39,41H,4H2,1-3H3/t18?,19-,20+,22-,23-,29?/m1/s1. The Kier molecular flexibility index (Phi) is 6.61. The minimum atomic E-state index is -1.65. The lowest BCUT2D eigenvalue weighted by Crippen LogP contribution is -2.99. The predicted molar refractivity (Wildman–Crippen MR) is 144 cm³/mol. The third kappa shape index (κ3) is 3.78. The normalized spacial score (nSPS) is 31.0. The zero-order valence-electron chi connectivity index (χ0n) is 23.3. The second-order valence-corrected chi connectivity index (χ2v) is 11.3. The molecule has 2 heterocycles. The van der Waals surface area contributed by atoms with E-state index >= 15 is 0 Å². The zero-order chi connectivity index (χ0) is 31.1. The van der Waals surface area contributed by atoms with Gasteiger partial charge in [0.2, 0.25) is 23.6 Å². The van der Waals surface area contributed by atoms with Gasteiger partial charge in [-0.2, -0.15) is 10.5 Å². The maximum absolute atomic E-state index is 14.2. The smallest absolute Gasteiger partial charge is 0.334 e. The Hall–Kier alpha value is -4.31. The molecular formula is C29H28N4O10. The lowest BCUT2D eigenvalue weighted by atomic mass is 9.43. The largest absolute Gasteiger partial charge is 0.595 e. The number of allylic oxidation sites excluding steroid dienone is 1. The van der Waals surface area contributed by atoms with Crippen molar-refractivity contribution < 1.29 is 49.6 Å². The summed E-state index contributed by atoms with van der Waals surface area (Å²) >= 11 is 0. The van der Waals surface area contributed by atoms with Crippen LogP contribution in [0.3, 0.4) is 0 Å². The van der Waals surface area contributed by atoms with Crippen LogP contribution in [0, 0.1) is 45.4 Å². The molecule has 2 aliphatic heterocycles. The number of nitrogens with zero attached hydrogens (tertiary/aromatic N) is 2. The number of carbonyl (C=O) groups excluding carboxylic acids is 5. The van der Waals surface area contributed by atoms with E-state index < -0.39 is 75.1 Å². The number of imide groups is 2. The number of anilines is 2. The summed E-state index contributed by atoms with van der Waals surface area (Å²) in [5.74, 6) is -9.25. The molecule has 4 unspecified atom stereocenters. The Morgan fingerprint density at radius 2 is 1.28 bits per heavy atom. The molecule has 0 radical (unpaired) electrons. The number of nitrogens with one attached hydrogen (secondary N) is 2. The summed E-state index contributed by atoms with van der Waals surface area (Å²) in [6, 6.07) is 10.7. The van der Waals surface area contributed by atoms with Crippen LogP contribution in [0.1, 0.15) is 20.8 Å². The van der Waals surface area contributed by atoms with Crippen LogP contribution < -0.4 is 20.3 Å². The highest BCUT2D eigenvalue weighted by Gasteiger charge is 2.77. The van der Waals surface area contributed by atoms with E-state index in [1.807, 2.05) is 0 Å². The third-order valence-corrected chi connectivity index (χ3v) is 9.38. The van der Waals surface area contributed by atoms with Crippen molar-refractivity contribution in [3.8, 4) is 0 Å². The molecule has 8 atom stereocenters. The highest BCUT2D eigenvalue weighted by atomic mass is 16.8. The Morgan fingerprint density at radius 3 is 1.67 bits per heavy atom. The Balaban J connectivity index is 1.52. The number of rotatable bonds is 6. The molecule has 43 heavy (non-hydrogen) atoms. The quantitative estimate of drug-likeness (QED) is 0.200. The summed E-state index contributed by atoms with van der Waals surface area (Å²) in [6.07, 6.45) is 0. The van der Waals surface area contributed by atoms with Gasteiger partial charge in [0, 0.05) is 41.2 Å². The van der Waals surface area contributed by atoms with Gasteiger partial charge in [0.25, 0.3) is 0 Å². The molecule has 4 N–H and O–H groups in total. The first-order valence-corrected chi connectivity index (χ1v) is 13.7.